The van der Waals surface area contributed by atoms with Crippen LogP contribution in [0.4, 0.5) is 11.4 Å². The van der Waals surface area contributed by atoms with E-state index < -0.39 is 17.9 Å². The fraction of sp³-hybridized carbons (Fsp3) is 0.238. The van der Waals surface area contributed by atoms with Crippen LogP contribution < -0.4 is 10.2 Å². The largest absolute Gasteiger partial charge is 0.465 e. The molecule has 2 aromatic rings. The van der Waals surface area contributed by atoms with Crippen molar-refractivity contribution >= 4 is 35.1 Å². The first kappa shape index (κ1) is 20.1. The van der Waals surface area contributed by atoms with E-state index in [1.54, 1.807) is 48.5 Å². The zero-order valence-electron chi connectivity index (χ0n) is 16.0. The smallest absolute Gasteiger partial charge is 0.339 e. The van der Waals surface area contributed by atoms with E-state index in [0.717, 1.165) is 0 Å². The minimum atomic E-state index is -0.575. The number of anilines is 2. The summed E-state index contributed by atoms with van der Waals surface area (Å²) < 4.78 is 9.38. The number of hydrogen-bond donors (Lipinski definition) is 1. The lowest BCUT2D eigenvalue weighted by atomic mass is 10.1. The Morgan fingerprint density at radius 3 is 2.28 bits per heavy atom. The molecule has 1 saturated heterocycles. The fourth-order valence-electron chi connectivity index (χ4n) is 3.14. The predicted octanol–water partition coefficient (Wildman–Crippen LogP) is 2.25. The van der Waals surface area contributed by atoms with Crippen LogP contribution in [0.1, 0.15) is 27.1 Å². The van der Waals surface area contributed by atoms with Gasteiger partial charge in [0.05, 0.1) is 37.0 Å². The quantitative estimate of drug-likeness (QED) is 0.778. The molecule has 1 heterocycles. The molecule has 29 heavy (non-hydrogen) atoms. The molecule has 0 spiro atoms. The molecule has 1 aliphatic rings. The van der Waals surface area contributed by atoms with Crippen LogP contribution in [0.15, 0.2) is 48.5 Å². The van der Waals surface area contributed by atoms with E-state index in [1.165, 1.54) is 19.1 Å². The van der Waals surface area contributed by atoms with Gasteiger partial charge in [-0.25, -0.2) is 9.59 Å². The average Bonchev–Trinajstić information content (AvgIpc) is 3.15. The van der Waals surface area contributed by atoms with E-state index >= 15 is 0 Å². The van der Waals surface area contributed by atoms with Crippen LogP contribution in [-0.4, -0.2) is 44.5 Å². The number of nitrogens with one attached hydrogen (secondary N) is 1. The van der Waals surface area contributed by atoms with Crippen LogP contribution in [0.3, 0.4) is 0 Å². The summed E-state index contributed by atoms with van der Waals surface area (Å²) >= 11 is 0. The third-order valence-corrected chi connectivity index (χ3v) is 4.69. The Kier molecular flexibility index (Phi) is 5.92. The molecule has 1 atom stereocenters. The summed E-state index contributed by atoms with van der Waals surface area (Å²) in [5, 5.41) is 2.71. The first-order chi connectivity index (χ1) is 13.9. The number of esters is 2. The van der Waals surface area contributed by atoms with Crippen LogP contribution in [0.2, 0.25) is 0 Å². The SMILES string of the molecule is COC(=O)c1ccc(N2CC(C(=O)Nc3ccccc3C(=O)OC)CC2=O)cc1. The topological polar surface area (TPSA) is 102 Å². The Balaban J connectivity index is 1.71. The molecule has 2 aromatic carbocycles. The van der Waals surface area contributed by atoms with Crippen molar-refractivity contribution in [3.63, 3.8) is 0 Å². The lowest BCUT2D eigenvalue weighted by Gasteiger charge is -2.17. The Morgan fingerprint density at radius 2 is 1.62 bits per heavy atom. The molecular weight excluding hydrogens is 376 g/mol. The summed E-state index contributed by atoms with van der Waals surface area (Å²) in [5.74, 6) is -2.16. The molecular formula is C21H20N2O6. The molecule has 8 nitrogen and oxygen atoms in total. The molecule has 150 valence electrons. The highest BCUT2D eigenvalue weighted by Gasteiger charge is 2.35. The summed E-state index contributed by atoms with van der Waals surface area (Å²) in [5.41, 5.74) is 1.53. The maximum Gasteiger partial charge on any atom is 0.339 e. The van der Waals surface area contributed by atoms with Gasteiger partial charge in [0.1, 0.15) is 0 Å². The van der Waals surface area contributed by atoms with Crippen molar-refractivity contribution in [2.45, 2.75) is 6.42 Å². The molecule has 1 N–H and O–H groups in total. The summed E-state index contributed by atoms with van der Waals surface area (Å²) in [6, 6.07) is 12.9. The molecule has 0 radical (unpaired) electrons. The Labute approximate surface area is 167 Å². The van der Waals surface area contributed by atoms with Gasteiger partial charge in [-0.05, 0) is 36.4 Å². The van der Waals surface area contributed by atoms with Crippen LogP contribution in [0.5, 0.6) is 0 Å². The lowest BCUT2D eigenvalue weighted by molar-refractivity contribution is -0.122. The molecule has 0 saturated carbocycles. The van der Waals surface area contributed by atoms with E-state index in [2.05, 4.69) is 10.1 Å². The van der Waals surface area contributed by atoms with Crippen molar-refractivity contribution in [2.24, 2.45) is 5.92 Å². The molecule has 0 aromatic heterocycles. The number of para-hydroxylation sites is 1. The number of rotatable bonds is 5. The van der Waals surface area contributed by atoms with E-state index in [0.29, 0.717) is 16.9 Å². The van der Waals surface area contributed by atoms with Gasteiger partial charge in [-0.2, -0.15) is 0 Å². The Morgan fingerprint density at radius 1 is 0.966 bits per heavy atom. The number of amides is 2. The van der Waals surface area contributed by atoms with Crippen molar-refractivity contribution in [2.75, 3.05) is 31.0 Å². The number of hydrogen-bond acceptors (Lipinski definition) is 6. The third-order valence-electron chi connectivity index (χ3n) is 4.69. The molecule has 8 heteroatoms. The van der Waals surface area contributed by atoms with Gasteiger partial charge in [-0.1, -0.05) is 12.1 Å². The second-order valence-corrected chi connectivity index (χ2v) is 6.47. The van der Waals surface area contributed by atoms with Gasteiger partial charge in [0, 0.05) is 18.7 Å². The zero-order chi connectivity index (χ0) is 21.0. The van der Waals surface area contributed by atoms with Crippen molar-refractivity contribution in [3.05, 3.63) is 59.7 Å². The van der Waals surface area contributed by atoms with E-state index in [4.69, 9.17) is 4.74 Å². The first-order valence-corrected chi connectivity index (χ1v) is 8.91. The standard InChI is InChI=1S/C21H20N2O6/c1-28-20(26)13-7-9-15(10-8-13)23-12-14(11-18(23)24)19(25)22-17-6-4-3-5-16(17)21(27)29-2/h3-10,14H,11-12H2,1-2H3,(H,22,25). The lowest BCUT2D eigenvalue weighted by Crippen LogP contribution is -2.28. The molecule has 1 aliphatic heterocycles. The van der Waals surface area contributed by atoms with E-state index in [1.807, 2.05) is 0 Å². The van der Waals surface area contributed by atoms with Gasteiger partial charge in [0.15, 0.2) is 0 Å². The molecule has 1 fully saturated rings. The number of ether oxygens (including phenoxy) is 2. The average molecular weight is 396 g/mol. The van der Waals surface area contributed by atoms with Crippen molar-refractivity contribution in [1.82, 2.24) is 0 Å². The van der Waals surface area contributed by atoms with Crippen LogP contribution >= 0.6 is 0 Å². The highest BCUT2D eigenvalue weighted by Crippen LogP contribution is 2.27. The Hall–Kier alpha value is -3.68. The number of methoxy groups -OCH3 is 2. The number of carbonyl (C=O) groups is 4. The molecule has 0 bridgehead atoms. The zero-order valence-corrected chi connectivity index (χ0v) is 16.0. The van der Waals surface area contributed by atoms with E-state index in [9.17, 15) is 19.2 Å². The summed E-state index contributed by atoms with van der Waals surface area (Å²) in [6.45, 7) is 0.197. The molecule has 0 aliphatic carbocycles. The minimum Gasteiger partial charge on any atom is -0.465 e. The van der Waals surface area contributed by atoms with Gasteiger partial charge < -0.3 is 19.7 Å². The van der Waals surface area contributed by atoms with Gasteiger partial charge in [-0.3, -0.25) is 9.59 Å². The third kappa shape index (κ3) is 4.26. The monoisotopic (exact) mass is 396 g/mol. The van der Waals surface area contributed by atoms with Gasteiger partial charge in [0.2, 0.25) is 11.8 Å². The van der Waals surface area contributed by atoms with Crippen molar-refractivity contribution < 1.29 is 28.7 Å². The van der Waals surface area contributed by atoms with Gasteiger partial charge in [-0.15, -0.1) is 0 Å². The maximum atomic E-state index is 12.7. The predicted molar refractivity (Wildman–Crippen MR) is 105 cm³/mol. The Bertz CT molecular complexity index is 954. The number of nitrogens with zero attached hydrogens (tertiary/aromatic N) is 1. The normalized spacial score (nSPS) is 15.7. The van der Waals surface area contributed by atoms with Crippen LogP contribution in [-0.2, 0) is 19.1 Å². The summed E-state index contributed by atoms with van der Waals surface area (Å²) in [7, 11) is 2.56. The maximum absolute atomic E-state index is 12.7. The highest BCUT2D eigenvalue weighted by molar-refractivity contribution is 6.06. The molecule has 2 amide bonds. The highest BCUT2D eigenvalue weighted by atomic mass is 16.5. The molecule has 1 unspecified atom stereocenters. The summed E-state index contributed by atoms with van der Waals surface area (Å²) in [4.78, 5) is 50.0. The molecule has 3 rings (SSSR count). The van der Waals surface area contributed by atoms with Gasteiger partial charge >= 0.3 is 11.9 Å². The number of benzene rings is 2. The van der Waals surface area contributed by atoms with Crippen LogP contribution in [0.25, 0.3) is 0 Å². The van der Waals surface area contributed by atoms with E-state index in [-0.39, 0.29) is 30.3 Å². The minimum absolute atomic E-state index is 0.0466. The van der Waals surface area contributed by atoms with Crippen molar-refractivity contribution in [3.8, 4) is 0 Å². The van der Waals surface area contributed by atoms with Crippen molar-refractivity contribution in [1.29, 1.82) is 0 Å². The first-order valence-electron chi connectivity index (χ1n) is 8.91. The van der Waals surface area contributed by atoms with Crippen LogP contribution in [0, 0.1) is 5.92 Å². The second kappa shape index (κ2) is 8.55. The van der Waals surface area contributed by atoms with Gasteiger partial charge in [0.25, 0.3) is 0 Å². The fourth-order valence-corrected chi connectivity index (χ4v) is 3.14. The summed E-state index contributed by atoms with van der Waals surface area (Å²) in [6.07, 6.45) is 0.0466. The number of carbonyl (C=O) groups excluding carboxylic acids is 4. The second-order valence-electron chi connectivity index (χ2n) is 6.47.